The van der Waals surface area contributed by atoms with E-state index >= 15 is 0 Å². The fourth-order valence-corrected chi connectivity index (χ4v) is 3.99. The lowest BCUT2D eigenvalue weighted by atomic mass is 10.1. The largest absolute Gasteiger partial charge is 0.355 e. The molecule has 0 spiro atoms. The van der Waals surface area contributed by atoms with E-state index in [1.807, 2.05) is 24.0 Å². The third kappa shape index (κ3) is 3.98. The molecule has 134 valence electrons. The van der Waals surface area contributed by atoms with E-state index in [-0.39, 0.29) is 24.3 Å². The average molecular weight is 361 g/mol. The third-order valence-electron chi connectivity index (χ3n) is 4.42. The molecule has 1 saturated heterocycles. The van der Waals surface area contributed by atoms with Crippen molar-refractivity contribution in [1.29, 1.82) is 0 Å². The number of fused-ring (bicyclic) bond motifs is 1. The zero-order valence-corrected chi connectivity index (χ0v) is 15.2. The summed E-state index contributed by atoms with van der Waals surface area (Å²) in [7, 11) is 0. The van der Waals surface area contributed by atoms with Crippen LogP contribution in [0.2, 0.25) is 0 Å². The van der Waals surface area contributed by atoms with Crippen molar-refractivity contribution in [1.82, 2.24) is 10.2 Å². The van der Waals surface area contributed by atoms with Crippen molar-refractivity contribution < 1.29 is 14.4 Å². The van der Waals surface area contributed by atoms with Gasteiger partial charge in [-0.25, -0.2) is 0 Å². The van der Waals surface area contributed by atoms with Gasteiger partial charge in [0.05, 0.1) is 11.4 Å². The molecular weight excluding hydrogens is 338 g/mol. The van der Waals surface area contributed by atoms with Crippen molar-refractivity contribution >= 4 is 35.2 Å². The van der Waals surface area contributed by atoms with Gasteiger partial charge in [-0.1, -0.05) is 6.92 Å². The molecule has 0 unspecified atom stereocenters. The van der Waals surface area contributed by atoms with Crippen LogP contribution in [0.3, 0.4) is 0 Å². The van der Waals surface area contributed by atoms with E-state index in [1.165, 1.54) is 16.7 Å². The second kappa shape index (κ2) is 7.91. The Bertz CT molecular complexity index is 686. The van der Waals surface area contributed by atoms with Crippen LogP contribution in [0.4, 0.5) is 5.69 Å². The van der Waals surface area contributed by atoms with Crippen LogP contribution in [0.1, 0.15) is 36.5 Å². The highest BCUT2D eigenvalue weighted by molar-refractivity contribution is 8.00. The second-order valence-electron chi connectivity index (χ2n) is 6.30. The van der Waals surface area contributed by atoms with E-state index in [0.29, 0.717) is 23.5 Å². The maximum atomic E-state index is 12.6. The van der Waals surface area contributed by atoms with Gasteiger partial charge in [0.1, 0.15) is 6.54 Å². The maximum Gasteiger partial charge on any atom is 0.253 e. The smallest absolute Gasteiger partial charge is 0.253 e. The van der Waals surface area contributed by atoms with Crippen molar-refractivity contribution in [3.63, 3.8) is 0 Å². The van der Waals surface area contributed by atoms with Gasteiger partial charge in [-0.05, 0) is 37.5 Å². The van der Waals surface area contributed by atoms with Crippen molar-refractivity contribution in [3.8, 4) is 0 Å². The Labute approximate surface area is 151 Å². The first-order chi connectivity index (χ1) is 12.1. The summed E-state index contributed by atoms with van der Waals surface area (Å²) in [5, 5.41) is 2.80. The van der Waals surface area contributed by atoms with E-state index in [0.717, 1.165) is 37.2 Å². The van der Waals surface area contributed by atoms with Crippen molar-refractivity contribution in [2.24, 2.45) is 0 Å². The van der Waals surface area contributed by atoms with Crippen LogP contribution in [0.5, 0.6) is 0 Å². The molecule has 6 nitrogen and oxygen atoms in total. The Morgan fingerprint density at radius 1 is 1.24 bits per heavy atom. The van der Waals surface area contributed by atoms with Crippen molar-refractivity contribution in [2.75, 3.05) is 36.8 Å². The monoisotopic (exact) mass is 361 g/mol. The fourth-order valence-electron chi connectivity index (χ4n) is 3.08. The molecule has 1 aromatic carbocycles. The number of amides is 3. The molecule has 3 amide bonds. The summed E-state index contributed by atoms with van der Waals surface area (Å²) < 4.78 is 0. The van der Waals surface area contributed by atoms with Crippen LogP contribution in [-0.4, -0.2) is 54.6 Å². The van der Waals surface area contributed by atoms with E-state index < -0.39 is 0 Å². The van der Waals surface area contributed by atoms with Gasteiger partial charge in [-0.2, -0.15) is 0 Å². The number of anilines is 1. The molecule has 2 aliphatic rings. The number of nitrogens with zero attached hydrogens (tertiary/aromatic N) is 2. The molecule has 1 N–H and O–H groups in total. The normalized spacial score (nSPS) is 16.8. The molecule has 0 radical (unpaired) electrons. The molecule has 0 aromatic heterocycles. The van der Waals surface area contributed by atoms with E-state index in [4.69, 9.17) is 0 Å². The molecular formula is C18H23N3O3S. The molecule has 0 atom stereocenters. The average Bonchev–Trinajstić information content (AvgIpc) is 3.16. The molecule has 0 bridgehead atoms. The first kappa shape index (κ1) is 17.8. The van der Waals surface area contributed by atoms with Crippen LogP contribution in [0.25, 0.3) is 0 Å². The zero-order valence-electron chi connectivity index (χ0n) is 14.4. The molecule has 1 aromatic rings. The van der Waals surface area contributed by atoms with Gasteiger partial charge in [0.25, 0.3) is 5.91 Å². The molecule has 2 heterocycles. The van der Waals surface area contributed by atoms with E-state index in [1.54, 1.807) is 6.07 Å². The zero-order chi connectivity index (χ0) is 17.8. The minimum absolute atomic E-state index is 0.00120. The highest BCUT2D eigenvalue weighted by Gasteiger charge is 2.28. The summed E-state index contributed by atoms with van der Waals surface area (Å²) in [6, 6.07) is 5.46. The molecule has 0 aliphatic carbocycles. The lowest BCUT2D eigenvalue weighted by Gasteiger charge is -2.29. The Morgan fingerprint density at radius 3 is 2.72 bits per heavy atom. The summed E-state index contributed by atoms with van der Waals surface area (Å²) in [4.78, 5) is 41.3. The number of hydrogen-bond acceptors (Lipinski definition) is 4. The Kier molecular flexibility index (Phi) is 5.63. The van der Waals surface area contributed by atoms with Crippen LogP contribution < -0.4 is 10.2 Å². The summed E-state index contributed by atoms with van der Waals surface area (Å²) in [5.74, 6) is 0.0333. The summed E-state index contributed by atoms with van der Waals surface area (Å²) in [6.45, 7) is 4.14. The fraction of sp³-hybridized carbons (Fsp3) is 0.500. The SMILES string of the molecule is CCCNC(=O)CN1C(=O)CSc2ccc(C(=O)N3CCCC3)cc21. The van der Waals surface area contributed by atoms with E-state index in [9.17, 15) is 14.4 Å². The number of likely N-dealkylation sites (tertiary alicyclic amines) is 1. The number of hydrogen-bond donors (Lipinski definition) is 1. The molecule has 1 fully saturated rings. The molecule has 0 saturated carbocycles. The molecule has 7 heteroatoms. The van der Waals surface area contributed by atoms with Crippen LogP contribution in [-0.2, 0) is 9.59 Å². The lowest BCUT2D eigenvalue weighted by molar-refractivity contribution is -0.122. The maximum absolute atomic E-state index is 12.6. The van der Waals surface area contributed by atoms with Gasteiger partial charge >= 0.3 is 0 Å². The minimum Gasteiger partial charge on any atom is -0.355 e. The molecule has 3 rings (SSSR count). The Hall–Kier alpha value is -2.02. The number of carbonyl (C=O) groups excluding carboxylic acids is 3. The number of nitrogens with one attached hydrogen (secondary N) is 1. The quantitative estimate of drug-likeness (QED) is 0.869. The van der Waals surface area contributed by atoms with Gasteiger partial charge < -0.3 is 15.1 Å². The number of carbonyl (C=O) groups is 3. The van der Waals surface area contributed by atoms with Gasteiger partial charge in [-0.15, -0.1) is 11.8 Å². The molecule has 2 aliphatic heterocycles. The van der Waals surface area contributed by atoms with Crippen molar-refractivity contribution in [3.05, 3.63) is 23.8 Å². The second-order valence-corrected chi connectivity index (χ2v) is 7.32. The predicted molar refractivity (Wildman–Crippen MR) is 98.0 cm³/mol. The van der Waals surface area contributed by atoms with Gasteiger partial charge in [0, 0.05) is 30.1 Å². The first-order valence-electron chi connectivity index (χ1n) is 8.73. The number of thioether (sulfide) groups is 1. The van der Waals surface area contributed by atoms with Gasteiger partial charge in [-0.3, -0.25) is 14.4 Å². The van der Waals surface area contributed by atoms with Crippen molar-refractivity contribution in [2.45, 2.75) is 31.1 Å². The topological polar surface area (TPSA) is 69.7 Å². The standard InChI is InChI=1S/C18H23N3O3S/c1-2-7-19-16(22)11-21-14-10-13(18(24)20-8-3-4-9-20)5-6-15(14)25-12-17(21)23/h5-6,10H,2-4,7-9,11-12H2,1H3,(H,19,22). The van der Waals surface area contributed by atoms with Gasteiger partial charge in [0.15, 0.2) is 0 Å². The highest BCUT2D eigenvalue weighted by Crippen LogP contribution is 2.36. The van der Waals surface area contributed by atoms with E-state index in [2.05, 4.69) is 5.32 Å². The summed E-state index contributed by atoms with van der Waals surface area (Å²) in [6.07, 6.45) is 2.92. The Balaban J connectivity index is 1.82. The lowest BCUT2D eigenvalue weighted by Crippen LogP contribution is -2.43. The first-order valence-corrected chi connectivity index (χ1v) is 9.72. The Morgan fingerprint density at radius 2 is 2.00 bits per heavy atom. The number of benzene rings is 1. The van der Waals surface area contributed by atoms with Crippen LogP contribution in [0.15, 0.2) is 23.1 Å². The van der Waals surface area contributed by atoms with Crippen LogP contribution >= 0.6 is 11.8 Å². The molecule has 25 heavy (non-hydrogen) atoms. The third-order valence-corrected chi connectivity index (χ3v) is 5.46. The van der Waals surface area contributed by atoms with Crippen LogP contribution in [0, 0.1) is 0 Å². The summed E-state index contributed by atoms with van der Waals surface area (Å²) >= 11 is 1.45. The predicted octanol–water partition coefficient (Wildman–Crippen LogP) is 1.89. The summed E-state index contributed by atoms with van der Waals surface area (Å²) in [5.41, 5.74) is 1.24. The van der Waals surface area contributed by atoms with Gasteiger partial charge in [0.2, 0.25) is 11.8 Å². The highest BCUT2D eigenvalue weighted by atomic mass is 32.2. The number of rotatable bonds is 5. The minimum atomic E-state index is -0.177.